The van der Waals surface area contributed by atoms with Crippen LogP contribution in [-0.2, 0) is 16.4 Å². The van der Waals surface area contributed by atoms with Crippen molar-refractivity contribution in [1.29, 1.82) is 0 Å². The van der Waals surface area contributed by atoms with Gasteiger partial charge in [-0.1, -0.05) is 25.1 Å². The molecule has 2 heterocycles. The van der Waals surface area contributed by atoms with Crippen LogP contribution in [0.4, 0.5) is 0 Å². The summed E-state index contributed by atoms with van der Waals surface area (Å²) in [5, 5.41) is 0. The molecule has 0 spiro atoms. The van der Waals surface area contributed by atoms with Gasteiger partial charge < -0.3 is 4.74 Å². The molecule has 2 aromatic rings. The number of ether oxygens (including phenoxy) is 1. The molecule has 1 saturated heterocycles. The molecule has 3 rings (SSSR count). The van der Waals surface area contributed by atoms with E-state index in [1.807, 2.05) is 49.4 Å². The predicted octanol–water partition coefficient (Wildman–Crippen LogP) is 2.74. The summed E-state index contributed by atoms with van der Waals surface area (Å²) in [5.41, 5.74) is 1.11. The van der Waals surface area contributed by atoms with Gasteiger partial charge in [0.25, 0.3) is 0 Å². The lowest BCUT2D eigenvalue weighted by atomic mass is 10.1. The maximum absolute atomic E-state index is 11.9. The molecule has 1 aromatic carbocycles. The summed E-state index contributed by atoms with van der Waals surface area (Å²) in [5.74, 6) is 1.98. The molecule has 128 valence electrons. The van der Waals surface area contributed by atoms with Crippen LogP contribution in [0.2, 0.25) is 0 Å². The fraction of sp³-hybridized carbons (Fsp3) is 0.389. The molecule has 5 nitrogen and oxygen atoms in total. The molecular weight excluding hydrogens is 324 g/mol. The number of sulfone groups is 1. The Balaban J connectivity index is 1.68. The largest absolute Gasteiger partial charge is 0.439 e. The minimum Gasteiger partial charge on any atom is -0.439 e. The average Bonchev–Trinajstić information content (AvgIpc) is 2.66. The van der Waals surface area contributed by atoms with E-state index in [-0.39, 0.29) is 17.4 Å². The van der Waals surface area contributed by atoms with Crippen LogP contribution in [0, 0.1) is 5.92 Å². The highest BCUT2D eigenvalue weighted by molar-refractivity contribution is 7.91. The number of nitrogens with zero attached hydrogens (tertiary/aromatic N) is 2. The van der Waals surface area contributed by atoms with Crippen molar-refractivity contribution in [3.05, 3.63) is 54.2 Å². The SMILES string of the molecule is CC1CN(Cc2cccc(Oc3ccccn3)c2)CCS(=O)(=O)C1. The second-order valence-corrected chi connectivity index (χ2v) is 8.60. The Morgan fingerprint density at radius 3 is 2.92 bits per heavy atom. The van der Waals surface area contributed by atoms with E-state index in [1.165, 1.54) is 0 Å². The Labute approximate surface area is 143 Å². The summed E-state index contributed by atoms with van der Waals surface area (Å²) in [6, 6.07) is 13.4. The Bertz CT molecular complexity index is 778. The minimum atomic E-state index is -2.92. The van der Waals surface area contributed by atoms with Crippen molar-refractivity contribution in [2.75, 3.05) is 24.6 Å². The number of rotatable bonds is 4. The third-order valence-corrected chi connectivity index (χ3v) is 5.87. The van der Waals surface area contributed by atoms with Crippen molar-refractivity contribution in [2.24, 2.45) is 5.92 Å². The molecule has 0 aliphatic carbocycles. The van der Waals surface area contributed by atoms with Gasteiger partial charge in [-0.25, -0.2) is 13.4 Å². The third-order valence-electron chi connectivity index (χ3n) is 3.99. The molecule has 0 amide bonds. The van der Waals surface area contributed by atoms with Gasteiger partial charge in [-0.3, -0.25) is 4.90 Å². The van der Waals surface area contributed by atoms with Crippen molar-refractivity contribution in [1.82, 2.24) is 9.88 Å². The van der Waals surface area contributed by atoms with Crippen molar-refractivity contribution >= 4 is 9.84 Å². The van der Waals surface area contributed by atoms with Gasteiger partial charge in [0.1, 0.15) is 5.75 Å². The quantitative estimate of drug-likeness (QED) is 0.852. The first-order chi connectivity index (χ1) is 11.5. The standard InChI is InChI=1S/C18H22N2O3S/c1-15-12-20(9-10-24(21,22)14-15)13-16-5-4-6-17(11-16)23-18-7-2-3-8-19-18/h2-8,11,15H,9-10,12-14H2,1H3. The summed E-state index contributed by atoms with van der Waals surface area (Å²) >= 11 is 0. The maximum atomic E-state index is 11.9. The van der Waals surface area contributed by atoms with Gasteiger partial charge in [0.05, 0.1) is 11.5 Å². The molecule has 1 atom stereocenters. The van der Waals surface area contributed by atoms with E-state index in [4.69, 9.17) is 4.74 Å². The Morgan fingerprint density at radius 1 is 1.25 bits per heavy atom. The maximum Gasteiger partial charge on any atom is 0.219 e. The van der Waals surface area contributed by atoms with Crippen LogP contribution < -0.4 is 4.74 Å². The summed E-state index contributed by atoms with van der Waals surface area (Å²) in [4.78, 5) is 6.36. The Hall–Kier alpha value is -1.92. The molecule has 1 aliphatic rings. The molecule has 0 radical (unpaired) electrons. The molecular formula is C18H22N2O3S. The summed E-state index contributed by atoms with van der Waals surface area (Å²) in [6.45, 7) is 4.10. The van der Waals surface area contributed by atoms with Crippen LogP contribution in [0.5, 0.6) is 11.6 Å². The van der Waals surface area contributed by atoms with E-state index < -0.39 is 9.84 Å². The number of aromatic nitrogens is 1. The minimum absolute atomic E-state index is 0.158. The predicted molar refractivity (Wildman–Crippen MR) is 93.8 cm³/mol. The van der Waals surface area contributed by atoms with Crippen LogP contribution in [0.3, 0.4) is 0 Å². The van der Waals surface area contributed by atoms with E-state index in [1.54, 1.807) is 6.20 Å². The molecule has 1 fully saturated rings. The molecule has 0 saturated carbocycles. The van der Waals surface area contributed by atoms with Crippen molar-refractivity contribution < 1.29 is 13.2 Å². The van der Waals surface area contributed by atoms with Crippen LogP contribution in [0.15, 0.2) is 48.7 Å². The Morgan fingerprint density at radius 2 is 2.12 bits per heavy atom. The van der Waals surface area contributed by atoms with Crippen molar-refractivity contribution in [3.8, 4) is 11.6 Å². The third kappa shape index (κ3) is 4.79. The lowest BCUT2D eigenvalue weighted by Gasteiger charge is -2.21. The van der Waals surface area contributed by atoms with E-state index in [2.05, 4.69) is 9.88 Å². The van der Waals surface area contributed by atoms with Crippen LogP contribution in [0.1, 0.15) is 12.5 Å². The number of hydrogen-bond donors (Lipinski definition) is 0. The lowest BCUT2D eigenvalue weighted by Crippen LogP contribution is -2.28. The number of pyridine rings is 1. The first-order valence-electron chi connectivity index (χ1n) is 8.11. The number of hydrogen-bond acceptors (Lipinski definition) is 5. The highest BCUT2D eigenvalue weighted by Gasteiger charge is 2.24. The first kappa shape index (κ1) is 16.9. The normalized spacial score (nSPS) is 21.1. The van der Waals surface area contributed by atoms with Gasteiger partial charge in [0, 0.05) is 31.9 Å². The van der Waals surface area contributed by atoms with Gasteiger partial charge in [-0.15, -0.1) is 0 Å². The van der Waals surface area contributed by atoms with Gasteiger partial charge in [0.2, 0.25) is 5.88 Å². The van der Waals surface area contributed by atoms with E-state index in [9.17, 15) is 8.42 Å². The molecule has 1 aromatic heterocycles. The van der Waals surface area contributed by atoms with Crippen LogP contribution >= 0.6 is 0 Å². The highest BCUT2D eigenvalue weighted by Crippen LogP contribution is 2.21. The number of benzene rings is 1. The van der Waals surface area contributed by atoms with E-state index in [0.717, 1.165) is 24.4 Å². The molecule has 6 heteroatoms. The lowest BCUT2D eigenvalue weighted by molar-refractivity contribution is 0.256. The monoisotopic (exact) mass is 346 g/mol. The second kappa shape index (κ2) is 7.32. The highest BCUT2D eigenvalue weighted by atomic mass is 32.2. The zero-order chi connectivity index (χ0) is 17.0. The first-order valence-corrected chi connectivity index (χ1v) is 9.93. The van der Waals surface area contributed by atoms with E-state index >= 15 is 0 Å². The fourth-order valence-corrected chi connectivity index (χ4v) is 4.68. The summed E-state index contributed by atoms with van der Waals surface area (Å²) < 4.78 is 29.5. The molecule has 1 unspecified atom stereocenters. The topological polar surface area (TPSA) is 59.5 Å². The zero-order valence-electron chi connectivity index (χ0n) is 13.8. The fourth-order valence-electron chi connectivity index (χ4n) is 3.01. The smallest absolute Gasteiger partial charge is 0.219 e. The zero-order valence-corrected chi connectivity index (χ0v) is 14.6. The Kier molecular flexibility index (Phi) is 5.16. The van der Waals surface area contributed by atoms with Crippen molar-refractivity contribution in [3.63, 3.8) is 0 Å². The van der Waals surface area contributed by atoms with Crippen LogP contribution in [0.25, 0.3) is 0 Å². The molecule has 24 heavy (non-hydrogen) atoms. The van der Waals surface area contributed by atoms with Crippen LogP contribution in [-0.4, -0.2) is 42.9 Å². The van der Waals surface area contributed by atoms with Gasteiger partial charge in [-0.2, -0.15) is 0 Å². The second-order valence-electron chi connectivity index (χ2n) is 6.37. The summed E-state index contributed by atoms with van der Waals surface area (Å²) in [6.07, 6.45) is 1.69. The molecule has 1 aliphatic heterocycles. The van der Waals surface area contributed by atoms with Gasteiger partial charge in [-0.05, 0) is 29.7 Å². The van der Waals surface area contributed by atoms with Gasteiger partial charge in [0.15, 0.2) is 9.84 Å². The van der Waals surface area contributed by atoms with Crippen molar-refractivity contribution in [2.45, 2.75) is 13.5 Å². The average molecular weight is 346 g/mol. The van der Waals surface area contributed by atoms with E-state index in [0.29, 0.717) is 12.4 Å². The molecule has 0 N–H and O–H groups in total. The van der Waals surface area contributed by atoms with Gasteiger partial charge >= 0.3 is 0 Å². The summed E-state index contributed by atoms with van der Waals surface area (Å²) in [7, 11) is -2.92. The molecule has 0 bridgehead atoms.